The Morgan fingerprint density at radius 3 is 2.56 bits per heavy atom. The molecule has 0 aromatic carbocycles. The monoisotopic (exact) mass is 254 g/mol. The van der Waals surface area contributed by atoms with E-state index in [9.17, 15) is 4.79 Å². The number of likely N-dealkylation sites (N-methyl/N-ethyl adjacent to an activating group) is 1. The van der Waals surface area contributed by atoms with Gasteiger partial charge < -0.3 is 15.3 Å². The molecule has 3 atom stereocenters. The first-order chi connectivity index (χ1) is 8.33. The van der Waals surface area contributed by atoms with E-state index in [2.05, 4.69) is 26.1 Å². The lowest BCUT2D eigenvalue weighted by molar-refractivity contribution is 0.117. The molecule has 2 N–H and O–H groups in total. The minimum absolute atomic E-state index is 0.0139. The molecule has 2 aliphatic rings. The second kappa shape index (κ2) is 4.41. The van der Waals surface area contributed by atoms with Gasteiger partial charge in [0.15, 0.2) is 0 Å². The van der Waals surface area contributed by atoms with Crippen molar-refractivity contribution >= 4 is 6.03 Å². The van der Waals surface area contributed by atoms with Gasteiger partial charge in [0, 0.05) is 19.6 Å². The Balaban J connectivity index is 2.03. The van der Waals surface area contributed by atoms with Crippen molar-refractivity contribution in [2.75, 3.05) is 20.2 Å². The van der Waals surface area contributed by atoms with Gasteiger partial charge in [0.25, 0.3) is 0 Å². The number of hydrogen-bond acceptors (Lipinski definition) is 2. The average molecular weight is 254 g/mol. The van der Waals surface area contributed by atoms with Crippen molar-refractivity contribution in [3.63, 3.8) is 0 Å². The zero-order chi connectivity index (χ0) is 13.6. The number of carbonyl (C=O) groups excluding carboxylic acids is 1. The minimum atomic E-state index is -0.0568. The van der Waals surface area contributed by atoms with Gasteiger partial charge in [0.1, 0.15) is 0 Å². The van der Waals surface area contributed by atoms with Crippen LogP contribution in [0.5, 0.6) is 0 Å². The molecule has 2 saturated carbocycles. The molecule has 0 aromatic heterocycles. The lowest BCUT2D eigenvalue weighted by Crippen LogP contribution is -2.50. The van der Waals surface area contributed by atoms with Crippen molar-refractivity contribution in [3.8, 4) is 0 Å². The molecule has 18 heavy (non-hydrogen) atoms. The zero-order valence-electron chi connectivity index (χ0n) is 12.0. The number of rotatable bonds is 3. The number of hydrogen-bond donors (Lipinski definition) is 2. The maximum absolute atomic E-state index is 12.0. The van der Waals surface area contributed by atoms with Crippen molar-refractivity contribution in [2.45, 2.75) is 46.1 Å². The Kier molecular flexibility index (Phi) is 3.34. The Morgan fingerprint density at radius 2 is 2.11 bits per heavy atom. The third kappa shape index (κ3) is 1.81. The summed E-state index contributed by atoms with van der Waals surface area (Å²) in [6, 6.07) is 0.221. The number of nitrogens with zero attached hydrogens (tertiary/aromatic N) is 1. The largest absolute Gasteiger partial charge is 0.395 e. The molecule has 4 heteroatoms. The van der Waals surface area contributed by atoms with E-state index in [1.54, 1.807) is 11.9 Å². The van der Waals surface area contributed by atoms with Crippen molar-refractivity contribution in [1.82, 2.24) is 10.2 Å². The molecule has 2 bridgehead atoms. The molecule has 104 valence electrons. The van der Waals surface area contributed by atoms with Gasteiger partial charge in [-0.25, -0.2) is 4.79 Å². The molecule has 2 fully saturated rings. The van der Waals surface area contributed by atoms with E-state index >= 15 is 0 Å². The number of nitrogens with one attached hydrogen (secondary N) is 1. The van der Waals surface area contributed by atoms with E-state index < -0.39 is 0 Å². The van der Waals surface area contributed by atoms with E-state index in [1.807, 2.05) is 0 Å². The minimum Gasteiger partial charge on any atom is -0.395 e. The second-order valence-corrected chi connectivity index (χ2v) is 6.76. The molecule has 2 aliphatic carbocycles. The van der Waals surface area contributed by atoms with Gasteiger partial charge in [-0.2, -0.15) is 0 Å². The van der Waals surface area contributed by atoms with Gasteiger partial charge in [-0.05, 0) is 36.0 Å². The highest BCUT2D eigenvalue weighted by Crippen LogP contribution is 2.65. The first-order valence-corrected chi connectivity index (χ1v) is 6.95. The lowest BCUT2D eigenvalue weighted by Gasteiger charge is -2.39. The predicted octanol–water partition coefficient (Wildman–Crippen LogP) is 1.83. The highest BCUT2D eigenvalue weighted by atomic mass is 16.3. The van der Waals surface area contributed by atoms with E-state index in [1.165, 1.54) is 12.8 Å². The van der Waals surface area contributed by atoms with Crippen molar-refractivity contribution < 1.29 is 9.90 Å². The maximum atomic E-state index is 12.0. The van der Waals surface area contributed by atoms with Crippen LogP contribution in [0.3, 0.4) is 0 Å². The van der Waals surface area contributed by atoms with E-state index in [-0.39, 0.29) is 24.1 Å². The topological polar surface area (TPSA) is 52.6 Å². The molecule has 0 heterocycles. The van der Waals surface area contributed by atoms with Gasteiger partial charge in [-0.1, -0.05) is 20.8 Å². The Bertz CT molecular complexity index is 343. The van der Waals surface area contributed by atoms with E-state index in [0.29, 0.717) is 12.0 Å². The van der Waals surface area contributed by atoms with Crippen LogP contribution in [0.15, 0.2) is 0 Å². The summed E-state index contributed by atoms with van der Waals surface area (Å²) in [4.78, 5) is 13.6. The van der Waals surface area contributed by atoms with Gasteiger partial charge in [0.2, 0.25) is 0 Å². The van der Waals surface area contributed by atoms with Crippen LogP contribution < -0.4 is 5.32 Å². The summed E-state index contributed by atoms with van der Waals surface area (Å²) >= 11 is 0. The second-order valence-electron chi connectivity index (χ2n) is 6.76. The van der Waals surface area contributed by atoms with Crippen LogP contribution in [0.1, 0.15) is 40.0 Å². The molecule has 0 saturated heterocycles. The average Bonchev–Trinajstić information content (AvgIpc) is 2.62. The summed E-state index contributed by atoms with van der Waals surface area (Å²) < 4.78 is 0. The highest BCUT2D eigenvalue weighted by Gasteiger charge is 2.61. The van der Waals surface area contributed by atoms with Gasteiger partial charge in [0.05, 0.1) is 6.61 Å². The van der Waals surface area contributed by atoms with Crippen molar-refractivity contribution in [3.05, 3.63) is 0 Å². The molecule has 0 radical (unpaired) electrons. The number of carbonyl (C=O) groups is 1. The van der Waals surface area contributed by atoms with E-state index in [4.69, 9.17) is 5.11 Å². The molecular formula is C14H26N2O2. The summed E-state index contributed by atoms with van der Waals surface area (Å²) in [5.41, 5.74) is 0.536. The van der Waals surface area contributed by atoms with Crippen LogP contribution in [-0.2, 0) is 0 Å². The molecule has 0 aromatic rings. The third-order valence-corrected chi connectivity index (χ3v) is 5.87. The SMILES string of the molecule is CN(CCO)C(=O)NC1CC2CCC1(C)C2(C)C. The fourth-order valence-corrected chi connectivity index (χ4v) is 3.93. The highest BCUT2D eigenvalue weighted by molar-refractivity contribution is 5.74. The summed E-state index contributed by atoms with van der Waals surface area (Å²) in [7, 11) is 1.73. The zero-order valence-corrected chi connectivity index (χ0v) is 12.0. The Labute approximate surface area is 110 Å². The normalized spacial score (nSPS) is 36.7. The van der Waals surface area contributed by atoms with Crippen LogP contribution >= 0.6 is 0 Å². The number of aliphatic hydroxyl groups excluding tert-OH is 1. The summed E-state index contributed by atoms with van der Waals surface area (Å²) in [5.74, 6) is 0.732. The van der Waals surface area contributed by atoms with Crippen molar-refractivity contribution in [2.24, 2.45) is 16.7 Å². The number of urea groups is 1. The maximum Gasteiger partial charge on any atom is 0.317 e. The molecular weight excluding hydrogens is 228 g/mol. The number of aliphatic hydroxyl groups is 1. The summed E-state index contributed by atoms with van der Waals surface area (Å²) in [6.45, 7) is 7.40. The standard InChI is InChI=1S/C14H26N2O2/c1-13(2)10-5-6-14(13,3)11(9-10)15-12(18)16(4)7-8-17/h10-11,17H,5-9H2,1-4H3,(H,15,18). The van der Waals surface area contributed by atoms with Gasteiger partial charge in [-0.15, -0.1) is 0 Å². The quantitative estimate of drug-likeness (QED) is 0.807. The summed E-state index contributed by atoms with van der Waals surface area (Å²) in [5, 5.41) is 12.0. The van der Waals surface area contributed by atoms with Crippen molar-refractivity contribution in [1.29, 1.82) is 0 Å². The smallest absolute Gasteiger partial charge is 0.317 e. The molecule has 4 nitrogen and oxygen atoms in total. The van der Waals surface area contributed by atoms with Crippen LogP contribution in [0.2, 0.25) is 0 Å². The van der Waals surface area contributed by atoms with Crippen LogP contribution in [0, 0.1) is 16.7 Å². The van der Waals surface area contributed by atoms with Gasteiger partial charge >= 0.3 is 6.03 Å². The fourth-order valence-electron chi connectivity index (χ4n) is 3.93. The fraction of sp³-hybridized carbons (Fsp3) is 0.929. The van der Waals surface area contributed by atoms with Crippen LogP contribution in [0.25, 0.3) is 0 Å². The van der Waals surface area contributed by atoms with E-state index in [0.717, 1.165) is 12.3 Å². The lowest BCUT2D eigenvalue weighted by atomic mass is 9.69. The Hall–Kier alpha value is -0.770. The third-order valence-electron chi connectivity index (χ3n) is 5.87. The first-order valence-electron chi connectivity index (χ1n) is 6.95. The predicted molar refractivity (Wildman–Crippen MR) is 71.3 cm³/mol. The molecule has 0 aliphatic heterocycles. The molecule has 3 unspecified atom stereocenters. The number of amides is 2. The molecule has 2 rings (SSSR count). The molecule has 0 spiro atoms. The van der Waals surface area contributed by atoms with Gasteiger partial charge in [-0.3, -0.25) is 0 Å². The van der Waals surface area contributed by atoms with Crippen LogP contribution in [-0.4, -0.2) is 42.3 Å². The summed E-state index contributed by atoms with van der Waals surface area (Å²) in [6.07, 6.45) is 3.60. The van der Waals surface area contributed by atoms with Crippen LogP contribution in [0.4, 0.5) is 4.79 Å². The first kappa shape index (κ1) is 13.7. The number of fused-ring (bicyclic) bond motifs is 2. The Morgan fingerprint density at radius 1 is 1.44 bits per heavy atom. The molecule has 2 amide bonds.